The van der Waals surface area contributed by atoms with Crippen LogP contribution in [0, 0.1) is 19.8 Å². The van der Waals surface area contributed by atoms with Gasteiger partial charge in [-0.25, -0.2) is 8.42 Å². The molecule has 1 fully saturated rings. The van der Waals surface area contributed by atoms with Crippen LogP contribution in [0.5, 0.6) is 0 Å². The Morgan fingerprint density at radius 1 is 1.19 bits per heavy atom. The second-order valence-electron chi connectivity index (χ2n) is 8.30. The van der Waals surface area contributed by atoms with Crippen LogP contribution >= 0.6 is 0 Å². The summed E-state index contributed by atoms with van der Waals surface area (Å²) in [5.74, 6) is 0.304. The summed E-state index contributed by atoms with van der Waals surface area (Å²) in [7, 11) is -3.63. The maximum Gasteiger partial charge on any atom is 0.243 e. The average molecular weight is 449 g/mol. The van der Waals surface area contributed by atoms with Gasteiger partial charge in [-0.2, -0.15) is 9.40 Å². The molecular weight excluding hydrogens is 416 g/mol. The number of hydrogen-bond acceptors (Lipinski definition) is 5. The molecule has 2 aromatic rings. The number of ether oxygens (including phenoxy) is 1. The second-order valence-corrected chi connectivity index (χ2v) is 10.2. The van der Waals surface area contributed by atoms with E-state index in [4.69, 9.17) is 4.74 Å². The lowest BCUT2D eigenvalue weighted by atomic mass is 10.1. The normalized spacial score (nSPS) is 15.4. The number of morpholine rings is 1. The number of sulfonamides is 1. The molecule has 2 heterocycles. The van der Waals surface area contributed by atoms with Crippen molar-refractivity contribution in [3.8, 4) is 0 Å². The minimum atomic E-state index is -3.63. The number of rotatable bonds is 8. The largest absolute Gasteiger partial charge is 0.379 e. The summed E-state index contributed by atoms with van der Waals surface area (Å²) in [4.78, 5) is 12.9. The summed E-state index contributed by atoms with van der Waals surface area (Å²) in [5.41, 5.74) is 3.35. The Morgan fingerprint density at radius 2 is 1.87 bits per heavy atom. The Kier molecular flexibility index (Phi) is 7.51. The van der Waals surface area contributed by atoms with Crippen LogP contribution < -0.4 is 5.32 Å². The molecule has 1 aliphatic heterocycles. The maximum atomic E-state index is 13.1. The Bertz CT molecular complexity index is 1020. The smallest absolute Gasteiger partial charge is 0.243 e. The van der Waals surface area contributed by atoms with Crippen molar-refractivity contribution in [2.75, 3.05) is 26.3 Å². The minimum absolute atomic E-state index is 0.150. The molecule has 0 atom stereocenters. The first-order valence-electron chi connectivity index (χ1n) is 10.7. The monoisotopic (exact) mass is 448 g/mol. The van der Waals surface area contributed by atoms with Gasteiger partial charge in [-0.05, 0) is 31.4 Å². The Balaban J connectivity index is 1.70. The van der Waals surface area contributed by atoms with E-state index in [0.29, 0.717) is 37.8 Å². The third kappa shape index (κ3) is 5.53. The highest BCUT2D eigenvalue weighted by atomic mass is 32.2. The first-order valence-corrected chi connectivity index (χ1v) is 12.1. The van der Waals surface area contributed by atoms with E-state index in [1.165, 1.54) is 4.31 Å². The molecule has 0 aliphatic carbocycles. The molecule has 8 nitrogen and oxygen atoms in total. The van der Waals surface area contributed by atoms with Crippen LogP contribution in [0.25, 0.3) is 0 Å². The van der Waals surface area contributed by atoms with Gasteiger partial charge in [0, 0.05) is 37.4 Å². The summed E-state index contributed by atoms with van der Waals surface area (Å²) >= 11 is 0. The van der Waals surface area contributed by atoms with Crippen molar-refractivity contribution >= 4 is 15.9 Å². The third-order valence-electron chi connectivity index (χ3n) is 5.44. The summed E-state index contributed by atoms with van der Waals surface area (Å²) in [6, 6.07) is 6.82. The molecule has 3 rings (SSSR count). The van der Waals surface area contributed by atoms with Crippen molar-refractivity contribution in [1.82, 2.24) is 19.4 Å². The molecule has 0 unspecified atom stereocenters. The van der Waals surface area contributed by atoms with Gasteiger partial charge in [0.15, 0.2) is 0 Å². The van der Waals surface area contributed by atoms with Crippen molar-refractivity contribution in [2.24, 2.45) is 5.92 Å². The van der Waals surface area contributed by atoms with Crippen molar-refractivity contribution in [1.29, 1.82) is 0 Å². The molecule has 1 aromatic carbocycles. The molecule has 9 heteroatoms. The molecule has 1 aliphatic rings. The highest BCUT2D eigenvalue weighted by molar-refractivity contribution is 7.89. The molecule has 1 amide bonds. The lowest BCUT2D eigenvalue weighted by molar-refractivity contribution is -0.120. The third-order valence-corrected chi connectivity index (χ3v) is 7.44. The number of aromatic nitrogens is 2. The first-order chi connectivity index (χ1) is 14.7. The van der Waals surface area contributed by atoms with E-state index in [-0.39, 0.29) is 23.8 Å². The van der Waals surface area contributed by atoms with E-state index in [0.717, 1.165) is 23.5 Å². The molecule has 0 saturated carbocycles. The summed E-state index contributed by atoms with van der Waals surface area (Å²) in [6.45, 7) is 10.6. The van der Waals surface area contributed by atoms with Crippen molar-refractivity contribution in [2.45, 2.75) is 52.1 Å². The van der Waals surface area contributed by atoms with Crippen molar-refractivity contribution in [3.63, 3.8) is 0 Å². The molecule has 31 heavy (non-hydrogen) atoms. The topological polar surface area (TPSA) is 93.5 Å². The molecule has 1 aromatic heterocycles. The van der Waals surface area contributed by atoms with E-state index in [2.05, 4.69) is 24.3 Å². The van der Waals surface area contributed by atoms with Crippen molar-refractivity contribution in [3.05, 3.63) is 46.8 Å². The van der Waals surface area contributed by atoms with Crippen LogP contribution in [0.4, 0.5) is 0 Å². The van der Waals surface area contributed by atoms with Crippen molar-refractivity contribution < 1.29 is 17.9 Å². The van der Waals surface area contributed by atoms with Crippen LogP contribution in [0.3, 0.4) is 0 Å². The standard InChI is InChI=1S/C22H32N4O4S/c1-16(2)15-26-18(4)20(17(3)24-26)13-22(27)23-14-19-7-5-6-8-21(19)31(28,29)25-9-11-30-12-10-25/h5-8,16H,9-15H2,1-4H3,(H,23,27). The molecular formula is C22H32N4O4S. The predicted octanol–water partition coefficient (Wildman–Crippen LogP) is 2.04. The van der Waals surface area contributed by atoms with Crippen LogP contribution in [-0.4, -0.2) is 54.7 Å². The summed E-state index contributed by atoms with van der Waals surface area (Å²) in [6.07, 6.45) is 0.216. The molecule has 1 saturated heterocycles. The van der Waals surface area contributed by atoms with Gasteiger partial charge in [-0.1, -0.05) is 32.0 Å². The fourth-order valence-corrected chi connectivity index (χ4v) is 5.39. The number of nitrogens with one attached hydrogen (secondary N) is 1. The van der Waals surface area contributed by atoms with Gasteiger partial charge in [0.25, 0.3) is 0 Å². The van der Waals surface area contributed by atoms with Gasteiger partial charge in [0.05, 0.1) is 30.2 Å². The van der Waals surface area contributed by atoms with Gasteiger partial charge >= 0.3 is 0 Å². The van der Waals surface area contributed by atoms with Crippen LogP contribution in [-0.2, 0) is 39.1 Å². The number of benzene rings is 1. The van der Waals surface area contributed by atoms with Gasteiger partial charge in [0.1, 0.15) is 0 Å². The average Bonchev–Trinajstić information content (AvgIpc) is 3.00. The predicted molar refractivity (Wildman–Crippen MR) is 118 cm³/mol. The van der Waals surface area contributed by atoms with Gasteiger partial charge in [-0.15, -0.1) is 0 Å². The summed E-state index contributed by atoms with van der Waals surface area (Å²) in [5, 5.41) is 7.45. The lowest BCUT2D eigenvalue weighted by Crippen LogP contribution is -2.41. The molecule has 0 radical (unpaired) electrons. The number of aryl methyl sites for hydroxylation is 1. The van der Waals surface area contributed by atoms with E-state index < -0.39 is 10.0 Å². The zero-order valence-electron chi connectivity index (χ0n) is 18.7. The first kappa shape index (κ1) is 23.4. The Morgan fingerprint density at radius 3 is 2.55 bits per heavy atom. The number of amides is 1. The number of hydrogen-bond donors (Lipinski definition) is 1. The lowest BCUT2D eigenvalue weighted by Gasteiger charge is -2.27. The van der Waals surface area contributed by atoms with Gasteiger partial charge < -0.3 is 10.1 Å². The summed E-state index contributed by atoms with van der Waals surface area (Å²) < 4.78 is 34.8. The minimum Gasteiger partial charge on any atom is -0.379 e. The number of carbonyl (C=O) groups excluding carboxylic acids is 1. The SMILES string of the molecule is Cc1nn(CC(C)C)c(C)c1CC(=O)NCc1ccccc1S(=O)(=O)N1CCOCC1. The Hall–Kier alpha value is -2.23. The fraction of sp³-hybridized carbons (Fsp3) is 0.545. The highest BCUT2D eigenvalue weighted by Crippen LogP contribution is 2.21. The molecule has 0 bridgehead atoms. The fourth-order valence-electron chi connectivity index (χ4n) is 3.76. The van der Waals surface area contributed by atoms with Crippen LogP contribution in [0.2, 0.25) is 0 Å². The Labute approximate surface area is 184 Å². The number of carbonyl (C=O) groups is 1. The maximum absolute atomic E-state index is 13.1. The zero-order valence-corrected chi connectivity index (χ0v) is 19.5. The van der Waals surface area contributed by atoms with E-state index >= 15 is 0 Å². The van der Waals surface area contributed by atoms with E-state index in [1.54, 1.807) is 24.3 Å². The molecule has 1 N–H and O–H groups in total. The molecule has 0 spiro atoms. The van der Waals surface area contributed by atoms with Crippen LogP contribution in [0.15, 0.2) is 29.2 Å². The highest BCUT2D eigenvalue weighted by Gasteiger charge is 2.28. The second kappa shape index (κ2) is 9.93. The van der Waals surface area contributed by atoms with Crippen LogP contribution in [0.1, 0.15) is 36.4 Å². The van der Waals surface area contributed by atoms with E-state index in [9.17, 15) is 13.2 Å². The number of nitrogens with zero attached hydrogens (tertiary/aromatic N) is 3. The molecule has 170 valence electrons. The van der Waals surface area contributed by atoms with Gasteiger partial charge in [0.2, 0.25) is 15.9 Å². The van der Waals surface area contributed by atoms with Gasteiger partial charge in [-0.3, -0.25) is 9.48 Å². The van der Waals surface area contributed by atoms with E-state index in [1.807, 2.05) is 18.5 Å². The quantitative estimate of drug-likeness (QED) is 0.667. The zero-order chi connectivity index (χ0) is 22.6.